The molecule has 1 N–H and O–H groups in total. The Labute approximate surface area is 129 Å². The first-order valence-electron chi connectivity index (χ1n) is 5.94. The number of rotatable bonds is 5. The van der Waals surface area contributed by atoms with Gasteiger partial charge in [0.15, 0.2) is 11.5 Å². The van der Waals surface area contributed by atoms with Crippen molar-refractivity contribution in [2.75, 3.05) is 7.11 Å². The third-order valence-corrected chi connectivity index (χ3v) is 3.38. The van der Waals surface area contributed by atoms with Gasteiger partial charge in [0.1, 0.15) is 5.75 Å². The maximum Gasteiger partial charge on any atom is 0.270 e. The molecule has 0 fully saturated rings. The largest absolute Gasteiger partial charge is 0.493 e. The molecular weight excluding hydrogens is 342 g/mol. The maximum atomic E-state index is 10.7. The minimum atomic E-state index is -0.481. The Balaban J connectivity index is 2.32. The predicted molar refractivity (Wildman–Crippen MR) is 79.8 cm³/mol. The Morgan fingerprint density at radius 2 is 1.90 bits per heavy atom. The first-order chi connectivity index (χ1) is 10.0. The molecule has 0 aliphatic carbocycles. The van der Waals surface area contributed by atoms with Crippen LogP contribution >= 0.6 is 15.9 Å². The van der Waals surface area contributed by atoms with Crippen molar-refractivity contribution in [3.63, 3.8) is 0 Å². The number of hydrogen-bond donors (Lipinski definition) is 1. The summed E-state index contributed by atoms with van der Waals surface area (Å²) in [6.07, 6.45) is 0. The van der Waals surface area contributed by atoms with E-state index < -0.39 is 4.92 Å². The van der Waals surface area contributed by atoms with Crippen molar-refractivity contribution in [3.05, 3.63) is 56.5 Å². The highest BCUT2D eigenvalue weighted by atomic mass is 79.9. The molecule has 0 saturated carbocycles. The highest BCUT2D eigenvalue weighted by Crippen LogP contribution is 2.37. The van der Waals surface area contributed by atoms with Crippen LogP contribution in [0.5, 0.6) is 17.2 Å². The molecule has 0 saturated heterocycles. The van der Waals surface area contributed by atoms with Gasteiger partial charge in [-0.2, -0.15) is 0 Å². The summed E-state index contributed by atoms with van der Waals surface area (Å²) in [5.41, 5.74) is 0.666. The molecule has 0 bridgehead atoms. The second-order valence-electron chi connectivity index (χ2n) is 4.12. The SMILES string of the molecule is COc1cc(CO)ccc1Oc1ccc([N+](=O)[O-])cc1Br. The summed E-state index contributed by atoms with van der Waals surface area (Å²) < 4.78 is 11.4. The molecule has 0 amide bonds. The lowest BCUT2D eigenvalue weighted by molar-refractivity contribution is -0.384. The van der Waals surface area contributed by atoms with E-state index in [9.17, 15) is 10.1 Å². The van der Waals surface area contributed by atoms with Crippen molar-refractivity contribution in [1.82, 2.24) is 0 Å². The van der Waals surface area contributed by atoms with Gasteiger partial charge >= 0.3 is 0 Å². The second kappa shape index (κ2) is 6.55. The molecule has 0 aliphatic heterocycles. The molecule has 0 unspecified atom stereocenters. The lowest BCUT2D eigenvalue weighted by Gasteiger charge is -2.12. The Hall–Kier alpha value is -2.12. The summed E-state index contributed by atoms with van der Waals surface area (Å²) in [5.74, 6) is 1.34. The van der Waals surface area contributed by atoms with Crippen LogP contribution in [-0.4, -0.2) is 17.1 Å². The number of halogens is 1. The Bertz CT molecular complexity index is 674. The lowest BCUT2D eigenvalue weighted by atomic mass is 10.2. The zero-order valence-electron chi connectivity index (χ0n) is 11.1. The Morgan fingerprint density at radius 1 is 1.19 bits per heavy atom. The van der Waals surface area contributed by atoms with Crippen molar-refractivity contribution >= 4 is 21.6 Å². The van der Waals surface area contributed by atoms with Gasteiger partial charge in [-0.15, -0.1) is 0 Å². The standard InChI is InChI=1S/C14H12BrNO5/c1-20-14-6-9(8-17)2-4-13(14)21-12-5-3-10(16(18)19)7-11(12)15/h2-7,17H,8H2,1H3. The van der Waals surface area contributed by atoms with Crippen LogP contribution in [0.1, 0.15) is 5.56 Å². The molecule has 0 aromatic heterocycles. The number of nitrogens with zero attached hydrogens (tertiary/aromatic N) is 1. The number of benzene rings is 2. The van der Waals surface area contributed by atoms with Crippen LogP contribution in [0.3, 0.4) is 0 Å². The monoisotopic (exact) mass is 353 g/mol. The molecule has 2 aromatic carbocycles. The number of ether oxygens (including phenoxy) is 2. The highest BCUT2D eigenvalue weighted by molar-refractivity contribution is 9.10. The number of methoxy groups -OCH3 is 1. The van der Waals surface area contributed by atoms with E-state index in [1.807, 2.05) is 0 Å². The normalized spacial score (nSPS) is 10.2. The summed E-state index contributed by atoms with van der Waals surface area (Å²) in [7, 11) is 1.49. The van der Waals surface area contributed by atoms with Crippen LogP contribution in [-0.2, 0) is 6.61 Å². The summed E-state index contributed by atoms with van der Waals surface area (Å²) in [6, 6.07) is 9.25. The summed E-state index contributed by atoms with van der Waals surface area (Å²) >= 11 is 3.24. The van der Waals surface area contributed by atoms with Gasteiger partial charge in [-0.3, -0.25) is 10.1 Å². The van der Waals surface area contributed by atoms with Crippen molar-refractivity contribution in [2.24, 2.45) is 0 Å². The van der Waals surface area contributed by atoms with Gasteiger partial charge in [0, 0.05) is 12.1 Å². The lowest BCUT2D eigenvalue weighted by Crippen LogP contribution is -1.94. The molecule has 6 nitrogen and oxygen atoms in total. The molecule has 0 radical (unpaired) electrons. The first-order valence-corrected chi connectivity index (χ1v) is 6.74. The smallest absolute Gasteiger partial charge is 0.270 e. The fourth-order valence-electron chi connectivity index (χ4n) is 1.70. The molecule has 0 spiro atoms. The fraction of sp³-hybridized carbons (Fsp3) is 0.143. The van der Waals surface area contributed by atoms with E-state index in [0.717, 1.165) is 0 Å². The maximum absolute atomic E-state index is 10.7. The number of hydrogen-bond acceptors (Lipinski definition) is 5. The molecule has 2 aromatic rings. The van der Waals surface area contributed by atoms with E-state index in [1.165, 1.54) is 25.3 Å². The van der Waals surface area contributed by atoms with E-state index in [-0.39, 0.29) is 12.3 Å². The molecule has 0 atom stereocenters. The van der Waals surface area contributed by atoms with Crippen molar-refractivity contribution < 1.29 is 19.5 Å². The number of nitro benzene ring substituents is 1. The number of nitro groups is 1. The van der Waals surface area contributed by atoms with Gasteiger partial charge in [0.05, 0.1) is 23.1 Å². The van der Waals surface area contributed by atoms with Crippen LogP contribution in [0.25, 0.3) is 0 Å². The van der Waals surface area contributed by atoms with Crippen molar-refractivity contribution in [1.29, 1.82) is 0 Å². The molecule has 0 aliphatic rings. The van der Waals surface area contributed by atoms with Crippen LogP contribution in [0.4, 0.5) is 5.69 Å². The van der Waals surface area contributed by atoms with Crippen LogP contribution < -0.4 is 9.47 Å². The van der Waals surface area contributed by atoms with E-state index in [4.69, 9.17) is 14.6 Å². The molecule has 0 heterocycles. The Morgan fingerprint density at radius 3 is 2.48 bits per heavy atom. The van der Waals surface area contributed by atoms with Crippen LogP contribution in [0, 0.1) is 10.1 Å². The first kappa shape index (κ1) is 15.3. The zero-order chi connectivity index (χ0) is 15.4. The van der Waals surface area contributed by atoms with Gasteiger partial charge < -0.3 is 14.6 Å². The predicted octanol–water partition coefficient (Wildman–Crippen LogP) is 3.65. The van der Waals surface area contributed by atoms with Gasteiger partial charge in [-0.25, -0.2) is 0 Å². The summed E-state index contributed by atoms with van der Waals surface area (Å²) in [4.78, 5) is 10.2. The van der Waals surface area contributed by atoms with E-state index in [2.05, 4.69) is 15.9 Å². The molecule has 110 valence electrons. The van der Waals surface area contributed by atoms with Gasteiger partial charge in [-0.1, -0.05) is 6.07 Å². The Kier molecular flexibility index (Phi) is 4.77. The van der Waals surface area contributed by atoms with E-state index in [0.29, 0.717) is 27.3 Å². The van der Waals surface area contributed by atoms with Crippen LogP contribution in [0.15, 0.2) is 40.9 Å². The van der Waals surface area contributed by atoms with Gasteiger partial charge in [-0.05, 0) is 39.7 Å². The van der Waals surface area contributed by atoms with E-state index >= 15 is 0 Å². The summed E-state index contributed by atoms with van der Waals surface area (Å²) in [6.45, 7) is -0.0993. The number of aliphatic hydroxyl groups excluding tert-OH is 1. The third-order valence-electron chi connectivity index (χ3n) is 2.76. The molecule has 7 heteroatoms. The second-order valence-corrected chi connectivity index (χ2v) is 4.97. The molecular formula is C14H12BrNO5. The minimum Gasteiger partial charge on any atom is -0.493 e. The quantitative estimate of drug-likeness (QED) is 0.655. The summed E-state index contributed by atoms with van der Waals surface area (Å²) in [5, 5.41) is 19.8. The van der Waals surface area contributed by atoms with Crippen molar-refractivity contribution in [3.8, 4) is 17.2 Å². The molecule has 2 rings (SSSR count). The highest BCUT2D eigenvalue weighted by Gasteiger charge is 2.13. The fourth-order valence-corrected chi connectivity index (χ4v) is 2.15. The van der Waals surface area contributed by atoms with Gasteiger partial charge in [0.2, 0.25) is 0 Å². The third kappa shape index (κ3) is 3.50. The van der Waals surface area contributed by atoms with E-state index in [1.54, 1.807) is 18.2 Å². The number of aliphatic hydroxyl groups is 1. The van der Waals surface area contributed by atoms with Gasteiger partial charge in [0.25, 0.3) is 5.69 Å². The average Bonchev–Trinajstić information content (AvgIpc) is 2.49. The number of non-ortho nitro benzene ring substituents is 1. The zero-order valence-corrected chi connectivity index (χ0v) is 12.7. The van der Waals surface area contributed by atoms with Crippen molar-refractivity contribution in [2.45, 2.75) is 6.61 Å². The molecule has 21 heavy (non-hydrogen) atoms. The van der Waals surface area contributed by atoms with Crippen LogP contribution in [0.2, 0.25) is 0 Å². The topological polar surface area (TPSA) is 81.8 Å². The average molecular weight is 354 g/mol. The minimum absolute atomic E-state index is 0.0307.